The second-order valence-electron chi connectivity index (χ2n) is 5.52. The van der Waals surface area contributed by atoms with Gasteiger partial charge in [-0.3, -0.25) is 4.99 Å². The van der Waals surface area contributed by atoms with Crippen LogP contribution in [0.3, 0.4) is 0 Å². The van der Waals surface area contributed by atoms with Gasteiger partial charge in [-0.15, -0.1) is 24.0 Å². The first-order valence-corrected chi connectivity index (χ1v) is 6.51. The van der Waals surface area contributed by atoms with E-state index in [1.807, 2.05) is 7.05 Å². The summed E-state index contributed by atoms with van der Waals surface area (Å²) in [6, 6.07) is 10.8. The third kappa shape index (κ3) is 3.41. The molecule has 1 aromatic carbocycles. The summed E-state index contributed by atoms with van der Waals surface area (Å²) in [4.78, 5) is 8.87. The van der Waals surface area contributed by atoms with E-state index in [0.717, 1.165) is 19.0 Å². The molecule has 0 amide bonds. The van der Waals surface area contributed by atoms with Crippen LogP contribution in [0.5, 0.6) is 0 Å². The van der Waals surface area contributed by atoms with E-state index in [-0.39, 0.29) is 29.4 Å². The van der Waals surface area contributed by atoms with Gasteiger partial charge in [0.1, 0.15) is 0 Å². The molecule has 0 saturated carbocycles. The smallest absolute Gasteiger partial charge is 0.195 e. The maximum absolute atomic E-state index is 4.40. The van der Waals surface area contributed by atoms with Crippen LogP contribution >= 0.6 is 24.0 Å². The molecule has 0 aromatic heterocycles. The predicted octanol–water partition coefficient (Wildman–Crippen LogP) is 2.82. The lowest BCUT2D eigenvalue weighted by atomic mass is 9.82. The summed E-state index contributed by atoms with van der Waals surface area (Å²) in [5.74, 6) is 1.08. The van der Waals surface area contributed by atoms with E-state index in [4.69, 9.17) is 0 Å². The Hall–Kier alpha value is -0.780. The monoisotopic (exact) mass is 373 g/mol. The first-order chi connectivity index (χ1) is 8.57. The summed E-state index contributed by atoms with van der Waals surface area (Å²) in [6.45, 7) is 4.48. The number of aliphatic imine (C=N–C) groups is 1. The predicted molar refractivity (Wildman–Crippen MR) is 92.4 cm³/mol. The molecule has 2 rings (SSSR count). The van der Waals surface area contributed by atoms with Gasteiger partial charge in [-0.1, -0.05) is 37.3 Å². The Kier molecular flexibility index (Phi) is 5.64. The van der Waals surface area contributed by atoms with Crippen LogP contribution in [0.4, 0.5) is 0 Å². The molecule has 1 aromatic rings. The molecule has 1 unspecified atom stereocenters. The highest BCUT2D eigenvalue weighted by Crippen LogP contribution is 2.34. The van der Waals surface area contributed by atoms with Gasteiger partial charge in [0.2, 0.25) is 0 Å². The van der Waals surface area contributed by atoms with Gasteiger partial charge >= 0.3 is 0 Å². The zero-order chi connectivity index (χ0) is 13.2. The molecular weight excluding hydrogens is 349 g/mol. The van der Waals surface area contributed by atoms with Crippen LogP contribution in [-0.2, 0) is 5.41 Å². The zero-order valence-corrected chi connectivity index (χ0v) is 14.6. The third-order valence-electron chi connectivity index (χ3n) is 3.83. The minimum atomic E-state index is 0. The average Bonchev–Trinajstić information content (AvgIpc) is 2.75. The second kappa shape index (κ2) is 6.59. The molecule has 1 atom stereocenters. The highest BCUT2D eigenvalue weighted by Gasteiger charge is 2.36. The Labute approximate surface area is 133 Å². The molecule has 1 heterocycles. The molecule has 0 spiro atoms. The molecule has 0 N–H and O–H groups in total. The van der Waals surface area contributed by atoms with Gasteiger partial charge in [-0.25, -0.2) is 0 Å². The summed E-state index contributed by atoms with van der Waals surface area (Å²) in [5.41, 5.74) is 1.68. The molecule has 1 aliphatic rings. The topological polar surface area (TPSA) is 18.8 Å². The maximum Gasteiger partial charge on any atom is 0.195 e. The van der Waals surface area contributed by atoms with Crippen molar-refractivity contribution in [2.75, 3.05) is 34.2 Å². The number of benzene rings is 1. The van der Waals surface area contributed by atoms with Crippen LogP contribution in [0.2, 0.25) is 0 Å². The third-order valence-corrected chi connectivity index (χ3v) is 3.83. The highest BCUT2D eigenvalue weighted by atomic mass is 127. The van der Waals surface area contributed by atoms with E-state index in [1.54, 1.807) is 0 Å². The van der Waals surface area contributed by atoms with Crippen molar-refractivity contribution in [2.45, 2.75) is 18.8 Å². The Morgan fingerprint density at radius 2 is 1.89 bits per heavy atom. The van der Waals surface area contributed by atoms with Crippen LogP contribution in [-0.4, -0.2) is 50.0 Å². The number of guanidine groups is 1. The van der Waals surface area contributed by atoms with Crippen molar-refractivity contribution in [3.63, 3.8) is 0 Å². The Morgan fingerprint density at radius 1 is 1.26 bits per heavy atom. The molecule has 1 saturated heterocycles. The standard InChI is InChI=1S/C15H23N3.HI/c1-15(13-8-6-5-7-9-13)10-11-18(12-15)14(16-2)17(3)4;/h5-9H,10-12H2,1-4H3;1H. The minimum absolute atomic E-state index is 0. The maximum atomic E-state index is 4.40. The van der Waals surface area contributed by atoms with Crippen molar-refractivity contribution in [1.82, 2.24) is 9.80 Å². The number of halogens is 1. The van der Waals surface area contributed by atoms with E-state index in [1.165, 1.54) is 12.0 Å². The summed E-state index contributed by atoms with van der Waals surface area (Å²) >= 11 is 0. The fourth-order valence-electron chi connectivity index (χ4n) is 2.83. The summed E-state index contributed by atoms with van der Waals surface area (Å²) in [5, 5.41) is 0. The molecule has 19 heavy (non-hydrogen) atoms. The number of likely N-dealkylation sites (tertiary alicyclic amines) is 1. The van der Waals surface area contributed by atoms with Crippen molar-refractivity contribution in [1.29, 1.82) is 0 Å². The van der Waals surface area contributed by atoms with Crippen molar-refractivity contribution in [3.8, 4) is 0 Å². The molecule has 0 aliphatic carbocycles. The first kappa shape index (κ1) is 16.3. The van der Waals surface area contributed by atoms with E-state index in [0.29, 0.717) is 0 Å². The Morgan fingerprint density at radius 3 is 2.42 bits per heavy atom. The van der Waals surface area contributed by atoms with E-state index >= 15 is 0 Å². The van der Waals surface area contributed by atoms with Crippen molar-refractivity contribution >= 4 is 29.9 Å². The molecular formula is C15H24IN3. The lowest BCUT2D eigenvalue weighted by molar-refractivity contribution is 0.400. The molecule has 1 aliphatic heterocycles. The average molecular weight is 373 g/mol. The van der Waals surface area contributed by atoms with E-state index in [2.05, 4.69) is 66.1 Å². The van der Waals surface area contributed by atoms with Crippen LogP contribution in [0, 0.1) is 0 Å². The van der Waals surface area contributed by atoms with Gasteiger partial charge in [0, 0.05) is 39.6 Å². The lowest BCUT2D eigenvalue weighted by Gasteiger charge is -2.29. The zero-order valence-electron chi connectivity index (χ0n) is 12.3. The number of hydrogen-bond donors (Lipinski definition) is 0. The van der Waals surface area contributed by atoms with Crippen molar-refractivity contribution in [2.24, 2.45) is 4.99 Å². The van der Waals surface area contributed by atoms with Crippen LogP contribution in [0.15, 0.2) is 35.3 Å². The van der Waals surface area contributed by atoms with Gasteiger partial charge < -0.3 is 9.80 Å². The Bertz CT molecular complexity index is 430. The molecule has 106 valence electrons. The van der Waals surface area contributed by atoms with Gasteiger partial charge in [0.25, 0.3) is 0 Å². The van der Waals surface area contributed by atoms with Gasteiger partial charge in [-0.2, -0.15) is 0 Å². The highest BCUT2D eigenvalue weighted by molar-refractivity contribution is 14.0. The van der Waals surface area contributed by atoms with Gasteiger partial charge in [0.15, 0.2) is 5.96 Å². The normalized spacial score (nSPS) is 23.2. The molecule has 4 heteroatoms. The van der Waals surface area contributed by atoms with Crippen LogP contribution in [0.25, 0.3) is 0 Å². The van der Waals surface area contributed by atoms with Gasteiger partial charge in [-0.05, 0) is 12.0 Å². The second-order valence-corrected chi connectivity index (χ2v) is 5.52. The van der Waals surface area contributed by atoms with Crippen molar-refractivity contribution in [3.05, 3.63) is 35.9 Å². The first-order valence-electron chi connectivity index (χ1n) is 6.51. The van der Waals surface area contributed by atoms with Crippen molar-refractivity contribution < 1.29 is 0 Å². The van der Waals surface area contributed by atoms with Crippen LogP contribution < -0.4 is 0 Å². The largest absolute Gasteiger partial charge is 0.349 e. The lowest BCUT2D eigenvalue weighted by Crippen LogP contribution is -2.40. The number of hydrogen-bond acceptors (Lipinski definition) is 1. The summed E-state index contributed by atoms with van der Waals surface area (Å²) < 4.78 is 0. The molecule has 1 fully saturated rings. The molecule has 0 radical (unpaired) electrons. The summed E-state index contributed by atoms with van der Waals surface area (Å²) in [6.07, 6.45) is 1.18. The Balaban J connectivity index is 0.00000180. The van der Waals surface area contributed by atoms with Crippen LogP contribution in [0.1, 0.15) is 18.9 Å². The van der Waals surface area contributed by atoms with E-state index < -0.39 is 0 Å². The van der Waals surface area contributed by atoms with Gasteiger partial charge in [0.05, 0.1) is 0 Å². The molecule has 0 bridgehead atoms. The molecule has 3 nitrogen and oxygen atoms in total. The SMILES string of the molecule is CN=C(N(C)C)N1CCC(C)(c2ccccc2)C1.I. The summed E-state index contributed by atoms with van der Waals surface area (Å²) in [7, 11) is 5.98. The van der Waals surface area contributed by atoms with E-state index in [9.17, 15) is 0 Å². The number of rotatable bonds is 1. The number of nitrogens with zero attached hydrogens (tertiary/aromatic N) is 3. The fourth-order valence-corrected chi connectivity index (χ4v) is 2.83. The fraction of sp³-hybridized carbons (Fsp3) is 0.533. The quantitative estimate of drug-likeness (QED) is 0.428. The minimum Gasteiger partial charge on any atom is -0.349 e.